The smallest absolute Gasteiger partial charge is 0.305 e. The maximum absolute atomic E-state index is 13.5. The van der Waals surface area contributed by atoms with E-state index < -0.39 is 46.5 Å². The van der Waals surface area contributed by atoms with Crippen molar-refractivity contribution >= 4 is 28.6 Å². The molecule has 0 aliphatic rings. The summed E-state index contributed by atoms with van der Waals surface area (Å²) >= 11 is 2.15. The summed E-state index contributed by atoms with van der Waals surface area (Å²) in [6.07, 6.45) is 7.89. The minimum absolute atomic E-state index is 0.0850. The van der Waals surface area contributed by atoms with E-state index in [2.05, 4.69) is 32.6 Å². The highest BCUT2D eigenvalue weighted by Gasteiger charge is 2.13. The molecule has 0 unspecified atom stereocenters. The minimum Gasteiger partial charge on any atom is -0.469 e. The fourth-order valence-corrected chi connectivity index (χ4v) is 6.73. The van der Waals surface area contributed by atoms with E-state index in [4.69, 9.17) is 5.73 Å². The summed E-state index contributed by atoms with van der Waals surface area (Å²) in [5.74, 6) is -4.29. The second kappa shape index (κ2) is 39.0. The molecule has 0 aliphatic heterocycles. The molecule has 4 rings (SSSR count). The Hall–Kier alpha value is -3.77. The second-order valence-corrected chi connectivity index (χ2v) is 16.4. The summed E-state index contributed by atoms with van der Waals surface area (Å²) in [7, 11) is 1.28. The van der Waals surface area contributed by atoms with Crippen LogP contribution in [0.5, 0.6) is 0 Å². The first-order valence-corrected chi connectivity index (χ1v) is 24.7. The van der Waals surface area contributed by atoms with Crippen molar-refractivity contribution in [2.45, 2.75) is 124 Å². The molecule has 68 heavy (non-hydrogen) atoms. The number of ether oxygens (including phenoxy) is 1. The largest absolute Gasteiger partial charge is 0.469 e. The Bertz CT molecular complexity index is 1840. The van der Waals surface area contributed by atoms with Gasteiger partial charge in [-0.3, -0.25) is 18.0 Å². The van der Waals surface area contributed by atoms with Crippen LogP contribution in [0.3, 0.4) is 0 Å². The molecule has 4 aromatic carbocycles. The Kier molecular flexibility index (Phi) is 36.8. The zero-order chi connectivity index (χ0) is 51.4. The lowest BCUT2D eigenvalue weighted by Crippen LogP contribution is -2.19. The van der Waals surface area contributed by atoms with Gasteiger partial charge < -0.3 is 15.8 Å². The first kappa shape index (κ1) is 64.2. The van der Waals surface area contributed by atoms with Gasteiger partial charge in [-0.25, -0.2) is 35.1 Å². The average Bonchev–Trinajstić information content (AvgIpc) is 3.29. The third kappa shape index (κ3) is 26.3. The van der Waals surface area contributed by atoms with Gasteiger partial charge in [0.15, 0.2) is 0 Å². The van der Waals surface area contributed by atoms with Gasteiger partial charge in [0, 0.05) is 33.1 Å². The minimum atomic E-state index is -0.553. The lowest BCUT2D eigenvalue weighted by molar-refractivity contribution is -0.140. The van der Waals surface area contributed by atoms with E-state index in [1.807, 2.05) is 0 Å². The van der Waals surface area contributed by atoms with Crippen LogP contribution in [-0.2, 0) is 60.9 Å². The molecule has 0 saturated heterocycles. The van der Waals surface area contributed by atoms with Crippen LogP contribution in [0.4, 0.5) is 48.3 Å². The molecular formula is C52H70F11IN2O2. The number of hydrogen-bond acceptors (Lipinski definition) is 4. The molecule has 384 valence electrons. The van der Waals surface area contributed by atoms with Gasteiger partial charge in [-0.15, -0.1) is 0 Å². The third-order valence-corrected chi connectivity index (χ3v) is 11.0. The van der Waals surface area contributed by atoms with Gasteiger partial charge >= 0.3 is 5.97 Å². The number of carbonyl (C=O) groups is 1. The second-order valence-electron chi connectivity index (χ2n) is 15.3. The quantitative estimate of drug-likeness (QED) is 0.0255. The van der Waals surface area contributed by atoms with E-state index in [0.29, 0.717) is 106 Å². The molecule has 0 aliphatic carbocycles. The molecule has 4 aromatic rings. The Morgan fingerprint density at radius 2 is 0.824 bits per heavy atom. The van der Waals surface area contributed by atoms with Crippen molar-refractivity contribution in [2.75, 3.05) is 51.2 Å². The van der Waals surface area contributed by atoms with Gasteiger partial charge in [0.25, 0.3) is 0 Å². The molecule has 16 heteroatoms. The summed E-state index contributed by atoms with van der Waals surface area (Å²) in [5.41, 5.74) is 8.23. The van der Waals surface area contributed by atoms with E-state index in [0.717, 1.165) is 23.7 Å². The van der Waals surface area contributed by atoms with E-state index in [1.54, 1.807) is 27.7 Å². The molecule has 0 aromatic heterocycles. The molecule has 0 fully saturated rings. The molecule has 4 nitrogen and oxygen atoms in total. The van der Waals surface area contributed by atoms with Crippen molar-refractivity contribution in [3.05, 3.63) is 140 Å². The van der Waals surface area contributed by atoms with Gasteiger partial charge in [0.1, 0.15) is 46.5 Å². The summed E-state index contributed by atoms with van der Waals surface area (Å²) in [5, 5.41) is 3.02. The van der Waals surface area contributed by atoms with Crippen LogP contribution < -0.4 is 11.1 Å². The number of halogens is 12. The monoisotopic (exact) mass is 1090 g/mol. The SMILES string of the molecule is CCc1c(F)cc(CCC(=O)OC)cc1F.CCc1c(F)cc(CCCCCCF)cc1F.CCc1c(F)cc(CCN)cc1F.CCc1c(F)cc(CCNCCCF)cc1F.FCCCI. The van der Waals surface area contributed by atoms with Gasteiger partial charge in [-0.2, -0.15) is 0 Å². The van der Waals surface area contributed by atoms with Gasteiger partial charge in [0.2, 0.25) is 0 Å². The van der Waals surface area contributed by atoms with Crippen LogP contribution in [0, 0.1) is 46.5 Å². The molecule has 0 heterocycles. The Morgan fingerprint density at radius 3 is 1.13 bits per heavy atom. The Labute approximate surface area is 410 Å². The Balaban J connectivity index is 0.000000854. The van der Waals surface area contributed by atoms with E-state index in [1.165, 1.54) is 55.6 Å². The highest BCUT2D eigenvalue weighted by Crippen LogP contribution is 2.20. The molecule has 0 saturated carbocycles. The maximum Gasteiger partial charge on any atom is 0.305 e. The fourth-order valence-electron chi connectivity index (χ4n) is 6.44. The number of esters is 1. The van der Waals surface area contributed by atoms with Crippen LogP contribution in [-0.4, -0.2) is 57.2 Å². The van der Waals surface area contributed by atoms with Crippen molar-refractivity contribution in [1.29, 1.82) is 0 Å². The lowest BCUT2D eigenvalue weighted by Gasteiger charge is -2.07. The van der Waals surface area contributed by atoms with Crippen molar-refractivity contribution in [3.63, 3.8) is 0 Å². The summed E-state index contributed by atoms with van der Waals surface area (Å²) < 4.78 is 147. The predicted molar refractivity (Wildman–Crippen MR) is 261 cm³/mol. The number of nitrogens with one attached hydrogen (secondary N) is 1. The van der Waals surface area contributed by atoms with E-state index in [9.17, 15) is 53.1 Å². The van der Waals surface area contributed by atoms with E-state index >= 15 is 0 Å². The number of aryl methyl sites for hydroxylation is 2. The number of methoxy groups -OCH3 is 1. The third-order valence-electron chi connectivity index (χ3n) is 10.2. The molecule has 0 bridgehead atoms. The van der Waals surface area contributed by atoms with Crippen molar-refractivity contribution in [3.8, 4) is 0 Å². The highest BCUT2D eigenvalue weighted by atomic mass is 127. The summed E-state index contributed by atoms with van der Waals surface area (Å²) in [6, 6.07) is 10.8. The molecule has 0 radical (unpaired) electrons. The van der Waals surface area contributed by atoms with Crippen molar-refractivity contribution in [2.24, 2.45) is 5.73 Å². The average molecular weight is 1090 g/mol. The predicted octanol–water partition coefficient (Wildman–Crippen LogP) is 14.1. The zero-order valence-corrected chi connectivity index (χ0v) is 42.3. The van der Waals surface area contributed by atoms with Crippen LogP contribution in [0.15, 0.2) is 48.5 Å². The zero-order valence-electron chi connectivity index (χ0n) is 40.1. The van der Waals surface area contributed by atoms with Crippen LogP contribution >= 0.6 is 22.6 Å². The van der Waals surface area contributed by atoms with Crippen LogP contribution in [0.2, 0.25) is 0 Å². The van der Waals surface area contributed by atoms with Crippen molar-refractivity contribution < 1.29 is 57.8 Å². The maximum atomic E-state index is 13.5. The fraction of sp³-hybridized carbons (Fsp3) is 0.519. The molecular weight excluding hydrogens is 1020 g/mol. The number of nitrogens with two attached hydrogens (primary N) is 1. The number of unbranched alkanes of at least 4 members (excludes halogenated alkanes) is 3. The van der Waals surface area contributed by atoms with Crippen LogP contribution in [0.25, 0.3) is 0 Å². The molecule has 0 amide bonds. The molecule has 0 atom stereocenters. The standard InChI is InChI=1S/C14H19F3.C13H18F3N.C12H14F2O2.C10H13F2N.C3H6FI/c1-2-12-13(16)9-11(10-14(12)17)7-5-3-4-6-8-15;1-2-11-12(15)8-10(9-13(11)16)4-7-17-6-3-5-14;1-3-9-10(13)6-8(7-11(9)14)4-5-12(15)16-2;1-2-8-9(11)5-7(3-4-13)6-10(8)12;4-2-1-3-5/h9-10H,2-8H2,1H3;8-9,17H,2-7H2,1H3;6-7H,3-5H2,1-2H3;5-6H,2-4,13H2,1H3;1-3H2. The van der Waals surface area contributed by atoms with Crippen molar-refractivity contribution in [1.82, 2.24) is 5.32 Å². The van der Waals surface area contributed by atoms with E-state index in [-0.39, 0.29) is 61.1 Å². The van der Waals surface area contributed by atoms with Gasteiger partial charge in [0.05, 0.1) is 27.1 Å². The summed E-state index contributed by atoms with van der Waals surface area (Å²) in [6.45, 7) is 7.68. The first-order valence-electron chi connectivity index (χ1n) is 23.1. The number of benzene rings is 4. The normalized spacial score (nSPS) is 10.4. The topological polar surface area (TPSA) is 64.3 Å². The number of carbonyl (C=O) groups excluding carboxylic acids is 1. The number of alkyl halides is 4. The number of hydrogen-bond donors (Lipinski definition) is 2. The lowest BCUT2D eigenvalue weighted by atomic mass is 10.0. The molecule has 3 N–H and O–H groups in total. The first-order chi connectivity index (χ1) is 32.5. The van der Waals surface area contributed by atoms with Gasteiger partial charge in [-0.05, 0) is 167 Å². The van der Waals surface area contributed by atoms with Crippen LogP contribution in [0.1, 0.15) is 117 Å². The van der Waals surface area contributed by atoms with Gasteiger partial charge in [-0.1, -0.05) is 63.1 Å². The Morgan fingerprint density at radius 1 is 0.485 bits per heavy atom. The molecule has 0 spiro atoms. The highest BCUT2D eigenvalue weighted by molar-refractivity contribution is 14.1. The number of rotatable bonds is 23. The summed E-state index contributed by atoms with van der Waals surface area (Å²) in [4.78, 5) is 10.9.